The first-order valence-electron chi connectivity index (χ1n) is 3.27. The van der Waals surface area contributed by atoms with Crippen LogP contribution in [-0.2, 0) is 0 Å². The van der Waals surface area contributed by atoms with E-state index in [1.54, 1.807) is 6.20 Å². The van der Waals surface area contributed by atoms with Gasteiger partial charge >= 0.3 is 0 Å². The largest absolute Gasteiger partial charge is 0.201 e. The van der Waals surface area contributed by atoms with Gasteiger partial charge in [-0.1, -0.05) is 13.8 Å². The van der Waals surface area contributed by atoms with Crippen molar-refractivity contribution in [3.05, 3.63) is 30.3 Å². The molecule has 10 heavy (non-hydrogen) atoms. The van der Waals surface area contributed by atoms with Gasteiger partial charge in [-0.3, -0.25) is 0 Å². The van der Waals surface area contributed by atoms with Gasteiger partial charge in [0.1, 0.15) is 0 Å². The molecular formula is C8H15NS. The third kappa shape index (κ3) is 7.37. The molecule has 1 aromatic heterocycles. The van der Waals surface area contributed by atoms with Gasteiger partial charge in [-0.05, 0) is 24.5 Å². The van der Waals surface area contributed by atoms with E-state index in [4.69, 9.17) is 0 Å². The summed E-state index contributed by atoms with van der Waals surface area (Å²) in [5, 5.41) is 0. The Labute approximate surface area is 67.6 Å². The Morgan fingerprint density at radius 1 is 1.40 bits per heavy atom. The zero-order valence-electron chi connectivity index (χ0n) is 6.92. The summed E-state index contributed by atoms with van der Waals surface area (Å²) >= 11 is 1.53. The molecule has 0 aliphatic rings. The lowest BCUT2D eigenvalue weighted by Gasteiger charge is -1.63. The monoisotopic (exact) mass is 157 g/mol. The van der Waals surface area contributed by atoms with Crippen LogP contribution < -0.4 is 0 Å². The number of aromatic nitrogens is 1. The van der Waals surface area contributed by atoms with Crippen LogP contribution in [-0.4, -0.2) is 4.37 Å². The fourth-order valence-corrected chi connectivity index (χ4v) is 0.689. The number of hydrogen-bond acceptors (Lipinski definition) is 2. The Balaban J connectivity index is 0. The lowest BCUT2D eigenvalue weighted by molar-refractivity contribution is 1.50. The molecule has 58 valence electrons. The average molecular weight is 157 g/mol. The Morgan fingerprint density at radius 3 is 2.00 bits per heavy atom. The Morgan fingerprint density at radius 2 is 1.90 bits per heavy atom. The molecule has 1 rings (SSSR count). The van der Waals surface area contributed by atoms with Crippen LogP contribution in [0.2, 0.25) is 0 Å². The molecule has 0 bridgehead atoms. The molecule has 0 atom stereocenters. The smallest absolute Gasteiger partial charge is 0.0409 e. The van der Waals surface area contributed by atoms with Crippen LogP contribution in [0.3, 0.4) is 0 Å². The van der Waals surface area contributed by atoms with E-state index in [9.17, 15) is 0 Å². The fraction of sp³-hybridized carbons (Fsp3) is 0.375. The van der Waals surface area contributed by atoms with Crippen LogP contribution in [0.4, 0.5) is 0 Å². The summed E-state index contributed by atoms with van der Waals surface area (Å²) in [6.45, 7) is 12.0. The summed E-state index contributed by atoms with van der Waals surface area (Å²) in [6, 6.07) is 1.99. The first kappa shape index (κ1) is 12.1. The first-order chi connectivity index (χ1) is 4.89. The van der Waals surface area contributed by atoms with Crippen molar-refractivity contribution in [3.63, 3.8) is 0 Å². The van der Waals surface area contributed by atoms with E-state index < -0.39 is 0 Å². The minimum absolute atomic E-state index is 1.27. The van der Waals surface area contributed by atoms with Crippen LogP contribution in [0, 0.1) is 6.92 Å². The lowest BCUT2D eigenvalue weighted by Crippen LogP contribution is -1.43. The molecule has 0 fully saturated rings. The van der Waals surface area contributed by atoms with Gasteiger partial charge in [0.2, 0.25) is 0 Å². The highest BCUT2D eigenvalue weighted by atomic mass is 32.1. The normalized spacial score (nSPS) is 6.30. The molecule has 0 aliphatic carbocycles. The molecule has 0 N–H and O–H groups in total. The van der Waals surface area contributed by atoms with Gasteiger partial charge in [0.05, 0.1) is 0 Å². The third-order valence-electron chi connectivity index (χ3n) is 0.567. The SMILES string of the molecule is C=C.CC.Cc1ccns1. The van der Waals surface area contributed by atoms with Crippen molar-refractivity contribution >= 4 is 11.5 Å². The zero-order valence-corrected chi connectivity index (χ0v) is 7.74. The molecule has 0 aliphatic heterocycles. The van der Waals surface area contributed by atoms with Gasteiger partial charge in [-0.15, -0.1) is 13.2 Å². The van der Waals surface area contributed by atoms with Crippen molar-refractivity contribution in [2.45, 2.75) is 20.8 Å². The second kappa shape index (κ2) is 11.2. The molecule has 2 heteroatoms. The molecule has 0 radical (unpaired) electrons. The number of nitrogens with zero attached hydrogens (tertiary/aromatic N) is 1. The van der Waals surface area contributed by atoms with Crippen molar-refractivity contribution in [1.82, 2.24) is 4.37 Å². The number of hydrogen-bond donors (Lipinski definition) is 0. The second-order valence-electron chi connectivity index (χ2n) is 1.12. The maximum Gasteiger partial charge on any atom is 0.0409 e. The average Bonchev–Trinajstić information content (AvgIpc) is 2.48. The highest BCUT2D eigenvalue weighted by molar-refractivity contribution is 7.05. The zero-order chi connectivity index (χ0) is 8.41. The van der Waals surface area contributed by atoms with Crippen LogP contribution in [0.15, 0.2) is 25.4 Å². The van der Waals surface area contributed by atoms with E-state index in [-0.39, 0.29) is 0 Å². The van der Waals surface area contributed by atoms with Crippen molar-refractivity contribution in [1.29, 1.82) is 0 Å². The minimum Gasteiger partial charge on any atom is -0.201 e. The minimum atomic E-state index is 1.27. The Bertz CT molecular complexity index is 124. The Kier molecular flexibility index (Phi) is 13.5. The van der Waals surface area contributed by atoms with Crippen molar-refractivity contribution in [3.8, 4) is 0 Å². The molecule has 0 saturated heterocycles. The molecule has 0 saturated carbocycles. The Hall–Kier alpha value is -0.630. The van der Waals surface area contributed by atoms with Gasteiger partial charge < -0.3 is 0 Å². The lowest BCUT2D eigenvalue weighted by atomic mass is 10.6. The first-order valence-corrected chi connectivity index (χ1v) is 4.04. The quantitative estimate of drug-likeness (QED) is 0.527. The van der Waals surface area contributed by atoms with Crippen LogP contribution >= 0.6 is 11.5 Å². The van der Waals surface area contributed by atoms with Crippen LogP contribution in [0.5, 0.6) is 0 Å². The van der Waals surface area contributed by atoms with Crippen molar-refractivity contribution in [2.75, 3.05) is 0 Å². The van der Waals surface area contributed by atoms with Crippen molar-refractivity contribution in [2.24, 2.45) is 0 Å². The van der Waals surface area contributed by atoms with Crippen molar-refractivity contribution < 1.29 is 0 Å². The van der Waals surface area contributed by atoms with Gasteiger partial charge in [0, 0.05) is 11.1 Å². The van der Waals surface area contributed by atoms with Gasteiger partial charge in [-0.25, -0.2) is 4.37 Å². The standard InChI is InChI=1S/C4H5NS.C2H6.C2H4/c1-4-2-3-5-6-4;2*1-2/h2-3H,1H3;1-2H3;1-2H2. The molecule has 0 unspecified atom stereocenters. The van der Waals surface area contributed by atoms with Crippen LogP contribution in [0.25, 0.3) is 0 Å². The highest BCUT2D eigenvalue weighted by Gasteiger charge is 1.76. The second-order valence-corrected chi connectivity index (χ2v) is 2.16. The molecular weight excluding hydrogens is 142 g/mol. The maximum atomic E-state index is 3.86. The van der Waals surface area contributed by atoms with E-state index in [2.05, 4.69) is 17.5 Å². The predicted octanol–water partition coefficient (Wildman–Crippen LogP) is 3.28. The molecule has 0 spiro atoms. The molecule has 1 nitrogen and oxygen atoms in total. The summed E-state index contributed by atoms with van der Waals surface area (Å²) in [6.07, 6.45) is 1.81. The van der Waals surface area contributed by atoms with E-state index in [1.807, 2.05) is 26.8 Å². The van der Waals surface area contributed by atoms with E-state index in [0.29, 0.717) is 0 Å². The number of rotatable bonds is 0. The molecule has 0 amide bonds. The topological polar surface area (TPSA) is 12.9 Å². The molecule has 1 aromatic rings. The summed E-state index contributed by atoms with van der Waals surface area (Å²) in [5.41, 5.74) is 0. The van der Waals surface area contributed by atoms with E-state index in [0.717, 1.165) is 0 Å². The summed E-state index contributed by atoms with van der Waals surface area (Å²) in [4.78, 5) is 1.27. The summed E-state index contributed by atoms with van der Waals surface area (Å²) < 4.78 is 3.86. The van der Waals surface area contributed by atoms with Gasteiger partial charge in [0.15, 0.2) is 0 Å². The highest BCUT2D eigenvalue weighted by Crippen LogP contribution is 1.98. The van der Waals surface area contributed by atoms with Gasteiger partial charge in [0.25, 0.3) is 0 Å². The van der Waals surface area contributed by atoms with E-state index in [1.165, 1.54) is 16.4 Å². The third-order valence-corrected chi connectivity index (χ3v) is 1.22. The predicted molar refractivity (Wildman–Crippen MR) is 49.5 cm³/mol. The van der Waals surface area contributed by atoms with Gasteiger partial charge in [-0.2, -0.15) is 0 Å². The molecule has 0 aromatic carbocycles. The maximum absolute atomic E-state index is 3.86. The summed E-state index contributed by atoms with van der Waals surface area (Å²) in [5.74, 6) is 0. The number of aryl methyl sites for hydroxylation is 1. The van der Waals surface area contributed by atoms with Crippen LogP contribution in [0.1, 0.15) is 18.7 Å². The fourth-order valence-electron chi connectivity index (χ4n) is 0.279. The molecule has 1 heterocycles. The summed E-state index contributed by atoms with van der Waals surface area (Å²) in [7, 11) is 0. The van der Waals surface area contributed by atoms with E-state index >= 15 is 0 Å².